The summed E-state index contributed by atoms with van der Waals surface area (Å²) in [6.45, 7) is 9.65. The molecule has 1 aromatic heterocycles. The monoisotopic (exact) mass is 304 g/mol. The summed E-state index contributed by atoms with van der Waals surface area (Å²) < 4.78 is 0. The Labute approximate surface area is 131 Å². The van der Waals surface area contributed by atoms with Gasteiger partial charge < -0.3 is 4.90 Å². The summed E-state index contributed by atoms with van der Waals surface area (Å²) in [4.78, 5) is 29.8. The zero-order valence-corrected chi connectivity index (χ0v) is 13.8. The lowest BCUT2D eigenvalue weighted by Crippen LogP contribution is -2.42. The normalized spacial score (nSPS) is 11.7. The number of pyridine rings is 1. The van der Waals surface area contributed by atoms with Crippen molar-refractivity contribution in [3.8, 4) is 0 Å². The van der Waals surface area contributed by atoms with E-state index in [-0.39, 0.29) is 30.3 Å². The van der Waals surface area contributed by atoms with Crippen LogP contribution in [0.5, 0.6) is 0 Å². The Morgan fingerprint density at radius 1 is 1.18 bits per heavy atom. The van der Waals surface area contributed by atoms with Gasteiger partial charge >= 0.3 is 0 Å². The number of carbonyl (C=O) groups is 2. The van der Waals surface area contributed by atoms with Crippen molar-refractivity contribution in [2.24, 2.45) is 5.10 Å². The van der Waals surface area contributed by atoms with Crippen LogP contribution in [-0.2, 0) is 4.79 Å². The second-order valence-corrected chi connectivity index (χ2v) is 5.69. The van der Waals surface area contributed by atoms with Crippen molar-refractivity contribution in [1.82, 2.24) is 15.3 Å². The van der Waals surface area contributed by atoms with Crippen LogP contribution in [0.15, 0.2) is 29.6 Å². The molecule has 6 nitrogen and oxygen atoms in total. The predicted octanol–water partition coefficient (Wildman–Crippen LogP) is 2.22. The van der Waals surface area contributed by atoms with Crippen molar-refractivity contribution in [3.05, 3.63) is 30.1 Å². The maximum absolute atomic E-state index is 12.3. The Balaban J connectivity index is 2.62. The zero-order valence-electron chi connectivity index (χ0n) is 13.8. The van der Waals surface area contributed by atoms with E-state index in [1.165, 1.54) is 12.4 Å². The summed E-state index contributed by atoms with van der Waals surface area (Å²) in [5, 5.41) is 3.99. The fourth-order valence-electron chi connectivity index (χ4n) is 2.24. The van der Waals surface area contributed by atoms with E-state index in [1.54, 1.807) is 19.1 Å². The van der Waals surface area contributed by atoms with Crippen LogP contribution >= 0.6 is 0 Å². The third-order valence-electron chi connectivity index (χ3n) is 3.10. The van der Waals surface area contributed by atoms with Gasteiger partial charge in [0.1, 0.15) is 0 Å². The molecule has 1 heterocycles. The van der Waals surface area contributed by atoms with Gasteiger partial charge in [0.15, 0.2) is 0 Å². The number of aromatic nitrogens is 1. The molecule has 0 atom stereocenters. The second-order valence-electron chi connectivity index (χ2n) is 5.69. The lowest BCUT2D eigenvalue weighted by atomic mass is 10.2. The minimum Gasteiger partial charge on any atom is -0.338 e. The molecule has 1 rings (SSSR count). The van der Waals surface area contributed by atoms with Crippen LogP contribution in [0, 0.1) is 0 Å². The number of hydrogen-bond donors (Lipinski definition) is 1. The van der Waals surface area contributed by atoms with Crippen LogP contribution in [0.25, 0.3) is 0 Å². The van der Waals surface area contributed by atoms with Crippen LogP contribution in [0.1, 0.15) is 51.4 Å². The van der Waals surface area contributed by atoms with Crippen LogP contribution in [0.4, 0.5) is 0 Å². The van der Waals surface area contributed by atoms with Gasteiger partial charge in [0.25, 0.3) is 5.91 Å². The number of hydrogen-bond acceptors (Lipinski definition) is 4. The van der Waals surface area contributed by atoms with E-state index in [4.69, 9.17) is 0 Å². The molecular weight excluding hydrogens is 280 g/mol. The van der Waals surface area contributed by atoms with Crippen LogP contribution in [-0.4, -0.2) is 39.5 Å². The van der Waals surface area contributed by atoms with Crippen LogP contribution in [0.2, 0.25) is 0 Å². The Hall–Kier alpha value is -2.24. The van der Waals surface area contributed by atoms with Gasteiger partial charge in [0, 0.05) is 35.8 Å². The molecule has 0 saturated carbocycles. The molecule has 0 aromatic carbocycles. The van der Waals surface area contributed by atoms with Crippen molar-refractivity contribution < 1.29 is 9.59 Å². The number of hydrazone groups is 1. The summed E-state index contributed by atoms with van der Waals surface area (Å²) in [6.07, 6.45) is 3.27. The summed E-state index contributed by atoms with van der Waals surface area (Å²) in [7, 11) is 0. The molecule has 0 saturated heterocycles. The summed E-state index contributed by atoms with van der Waals surface area (Å²) in [5.74, 6) is -0.316. The number of carbonyl (C=O) groups excluding carboxylic acids is 2. The van der Waals surface area contributed by atoms with Gasteiger partial charge in [-0.2, -0.15) is 5.10 Å². The van der Waals surface area contributed by atoms with Gasteiger partial charge in [-0.25, -0.2) is 5.43 Å². The lowest BCUT2D eigenvalue weighted by molar-refractivity contribution is -0.133. The van der Waals surface area contributed by atoms with E-state index < -0.39 is 0 Å². The average molecular weight is 304 g/mol. The van der Waals surface area contributed by atoms with Gasteiger partial charge in [-0.3, -0.25) is 14.6 Å². The third kappa shape index (κ3) is 5.27. The highest BCUT2D eigenvalue weighted by Gasteiger charge is 2.20. The Kier molecular flexibility index (Phi) is 6.69. The van der Waals surface area contributed by atoms with E-state index >= 15 is 0 Å². The molecule has 0 spiro atoms. The molecule has 6 heteroatoms. The molecule has 0 radical (unpaired) electrons. The highest BCUT2D eigenvalue weighted by Crippen LogP contribution is 2.08. The molecule has 1 N–H and O–H groups in total. The van der Waals surface area contributed by atoms with E-state index in [1.807, 2.05) is 32.6 Å². The first-order valence-electron chi connectivity index (χ1n) is 7.37. The van der Waals surface area contributed by atoms with Crippen molar-refractivity contribution in [2.45, 2.75) is 53.1 Å². The molecule has 2 amide bonds. The zero-order chi connectivity index (χ0) is 16.7. The van der Waals surface area contributed by atoms with Gasteiger partial charge in [-0.05, 0) is 46.8 Å². The molecule has 22 heavy (non-hydrogen) atoms. The highest BCUT2D eigenvalue weighted by molar-refractivity contribution is 6.01. The molecule has 0 unspecified atom stereocenters. The van der Waals surface area contributed by atoms with Gasteiger partial charge in [-0.1, -0.05) is 0 Å². The maximum atomic E-state index is 12.3. The predicted molar refractivity (Wildman–Crippen MR) is 86.5 cm³/mol. The number of nitrogens with zero attached hydrogens (tertiary/aromatic N) is 3. The summed E-state index contributed by atoms with van der Waals surface area (Å²) in [5.41, 5.74) is 3.50. The fourth-order valence-corrected chi connectivity index (χ4v) is 2.24. The minimum absolute atomic E-state index is 0.00408. The topological polar surface area (TPSA) is 74.7 Å². The molecule has 0 fully saturated rings. The number of nitrogens with one attached hydrogen (secondary N) is 1. The molecular formula is C16H24N4O2. The van der Waals surface area contributed by atoms with E-state index in [0.29, 0.717) is 11.3 Å². The molecule has 0 aliphatic carbocycles. The SMILES string of the molecule is CC(CC(=O)N(C(C)C)C(C)C)=NNC(=O)c1ccncc1. The average Bonchev–Trinajstić information content (AvgIpc) is 2.44. The summed E-state index contributed by atoms with van der Waals surface area (Å²) >= 11 is 0. The molecule has 1 aromatic rings. The van der Waals surface area contributed by atoms with Gasteiger partial charge in [0.2, 0.25) is 5.91 Å². The first kappa shape index (κ1) is 17.8. The Morgan fingerprint density at radius 2 is 1.73 bits per heavy atom. The third-order valence-corrected chi connectivity index (χ3v) is 3.10. The fraction of sp³-hybridized carbons (Fsp3) is 0.500. The van der Waals surface area contributed by atoms with Gasteiger partial charge in [0.05, 0.1) is 6.42 Å². The van der Waals surface area contributed by atoms with E-state index in [9.17, 15) is 9.59 Å². The van der Waals surface area contributed by atoms with Crippen molar-refractivity contribution in [1.29, 1.82) is 0 Å². The largest absolute Gasteiger partial charge is 0.338 e. The smallest absolute Gasteiger partial charge is 0.271 e. The van der Waals surface area contributed by atoms with Gasteiger partial charge in [-0.15, -0.1) is 0 Å². The second kappa shape index (κ2) is 8.26. The van der Waals surface area contributed by atoms with Crippen molar-refractivity contribution >= 4 is 17.5 Å². The Morgan fingerprint density at radius 3 is 2.23 bits per heavy atom. The first-order chi connectivity index (χ1) is 10.3. The molecule has 120 valence electrons. The highest BCUT2D eigenvalue weighted by atomic mass is 16.2. The summed E-state index contributed by atoms with van der Waals surface area (Å²) in [6, 6.07) is 3.47. The first-order valence-corrected chi connectivity index (χ1v) is 7.37. The number of amides is 2. The lowest BCUT2D eigenvalue weighted by Gasteiger charge is -2.30. The standard InChI is InChI=1S/C16H24N4O2/c1-11(2)20(12(3)4)15(21)10-13(5)18-19-16(22)14-6-8-17-9-7-14/h6-9,11-12H,10H2,1-5H3,(H,19,22). The van der Waals surface area contributed by atoms with Crippen molar-refractivity contribution in [3.63, 3.8) is 0 Å². The number of rotatable bonds is 6. The maximum Gasteiger partial charge on any atom is 0.271 e. The minimum atomic E-state index is -0.321. The Bertz CT molecular complexity index is 530. The van der Waals surface area contributed by atoms with E-state index in [0.717, 1.165) is 0 Å². The quantitative estimate of drug-likeness (QED) is 0.647. The molecule has 0 aliphatic heterocycles. The molecule has 0 bridgehead atoms. The van der Waals surface area contributed by atoms with Crippen LogP contribution < -0.4 is 5.43 Å². The van der Waals surface area contributed by atoms with Crippen molar-refractivity contribution in [2.75, 3.05) is 0 Å². The molecule has 0 aliphatic rings. The van der Waals surface area contributed by atoms with Crippen LogP contribution in [0.3, 0.4) is 0 Å². The van der Waals surface area contributed by atoms with E-state index in [2.05, 4.69) is 15.5 Å².